The summed E-state index contributed by atoms with van der Waals surface area (Å²) in [6.07, 6.45) is 4.16. The van der Waals surface area contributed by atoms with Crippen molar-refractivity contribution in [3.63, 3.8) is 0 Å². The molecule has 9 heteroatoms. The van der Waals surface area contributed by atoms with E-state index in [1.807, 2.05) is 17.5 Å². The zero-order chi connectivity index (χ0) is 21.7. The number of fused-ring (bicyclic) bond motifs is 2. The van der Waals surface area contributed by atoms with Crippen LogP contribution in [0.1, 0.15) is 44.8 Å². The maximum Gasteiger partial charge on any atom is 0.255 e. The summed E-state index contributed by atoms with van der Waals surface area (Å²) >= 11 is 0. The number of hydrogen-bond donors (Lipinski definition) is 2. The van der Waals surface area contributed by atoms with E-state index >= 15 is 0 Å². The van der Waals surface area contributed by atoms with Gasteiger partial charge in [-0.15, -0.1) is 0 Å². The van der Waals surface area contributed by atoms with Crippen LogP contribution < -0.4 is 10.6 Å². The Labute approximate surface area is 177 Å². The first kappa shape index (κ1) is 19.0. The maximum absolute atomic E-state index is 12.9. The van der Waals surface area contributed by atoms with Crippen molar-refractivity contribution in [1.82, 2.24) is 19.6 Å². The molecule has 31 heavy (non-hydrogen) atoms. The molecule has 9 nitrogen and oxygen atoms in total. The number of carbonyl (C=O) groups excluding carboxylic acids is 4. The third-order valence-electron chi connectivity index (χ3n) is 5.63. The summed E-state index contributed by atoms with van der Waals surface area (Å²) in [6, 6.07) is 7.87. The highest BCUT2D eigenvalue weighted by Crippen LogP contribution is 2.29. The van der Waals surface area contributed by atoms with Crippen LogP contribution >= 0.6 is 0 Å². The fourth-order valence-corrected chi connectivity index (χ4v) is 4.09. The summed E-state index contributed by atoms with van der Waals surface area (Å²) < 4.78 is 1.84. The molecular weight excluding hydrogens is 398 g/mol. The smallest absolute Gasteiger partial charge is 0.255 e. The van der Waals surface area contributed by atoms with Crippen LogP contribution in [0.15, 0.2) is 42.7 Å². The number of aryl methyl sites for hydroxylation is 1. The van der Waals surface area contributed by atoms with E-state index in [0.717, 1.165) is 11.3 Å². The topological polar surface area (TPSA) is 113 Å². The van der Waals surface area contributed by atoms with Gasteiger partial charge in [-0.2, -0.15) is 0 Å². The number of nitrogens with one attached hydrogen (secondary N) is 2. The third-order valence-corrected chi connectivity index (χ3v) is 5.63. The number of rotatable bonds is 3. The van der Waals surface area contributed by atoms with Gasteiger partial charge in [0.25, 0.3) is 11.8 Å². The van der Waals surface area contributed by atoms with E-state index in [1.54, 1.807) is 36.5 Å². The predicted molar refractivity (Wildman–Crippen MR) is 110 cm³/mol. The quantitative estimate of drug-likeness (QED) is 0.630. The van der Waals surface area contributed by atoms with Crippen LogP contribution in [0.3, 0.4) is 0 Å². The Morgan fingerprint density at radius 2 is 2.03 bits per heavy atom. The lowest BCUT2D eigenvalue weighted by atomic mass is 10.0. The number of anilines is 1. The minimum absolute atomic E-state index is 0.207. The van der Waals surface area contributed by atoms with Crippen LogP contribution in [0, 0.1) is 6.92 Å². The first-order valence-electron chi connectivity index (χ1n) is 9.93. The second-order valence-electron chi connectivity index (χ2n) is 7.79. The molecule has 1 saturated heterocycles. The summed E-state index contributed by atoms with van der Waals surface area (Å²) in [5.74, 6) is -1.36. The van der Waals surface area contributed by atoms with Gasteiger partial charge in [0.15, 0.2) is 0 Å². The fraction of sp³-hybridized carbons (Fsp3) is 0.227. The molecule has 2 aromatic heterocycles. The van der Waals surface area contributed by atoms with E-state index in [4.69, 9.17) is 0 Å². The van der Waals surface area contributed by atoms with Gasteiger partial charge in [-0.25, -0.2) is 4.98 Å². The van der Waals surface area contributed by atoms with E-state index < -0.39 is 11.9 Å². The third kappa shape index (κ3) is 3.33. The highest BCUT2D eigenvalue weighted by molar-refractivity contribution is 6.07. The van der Waals surface area contributed by atoms with Gasteiger partial charge in [0, 0.05) is 42.2 Å². The molecule has 1 unspecified atom stereocenters. The number of piperidine rings is 1. The van der Waals surface area contributed by atoms with Crippen molar-refractivity contribution in [3.8, 4) is 0 Å². The Kier molecular flexibility index (Phi) is 4.32. The molecule has 0 spiro atoms. The van der Waals surface area contributed by atoms with Gasteiger partial charge in [0.1, 0.15) is 11.7 Å². The normalized spacial score (nSPS) is 18.3. The molecule has 0 bridgehead atoms. The first-order chi connectivity index (χ1) is 14.9. The number of aromatic nitrogens is 2. The van der Waals surface area contributed by atoms with E-state index in [1.165, 1.54) is 4.90 Å². The predicted octanol–water partition coefficient (Wildman–Crippen LogP) is 1.66. The van der Waals surface area contributed by atoms with Crippen molar-refractivity contribution in [3.05, 3.63) is 65.1 Å². The molecular formula is C22H19N5O4. The first-order valence-corrected chi connectivity index (χ1v) is 9.93. The summed E-state index contributed by atoms with van der Waals surface area (Å²) in [5, 5.41) is 5.11. The van der Waals surface area contributed by atoms with Crippen LogP contribution in [0.2, 0.25) is 0 Å². The number of hydrogen-bond acceptors (Lipinski definition) is 5. The van der Waals surface area contributed by atoms with Gasteiger partial charge in [0.05, 0.1) is 5.69 Å². The Morgan fingerprint density at radius 1 is 1.19 bits per heavy atom. The zero-order valence-corrected chi connectivity index (χ0v) is 16.7. The molecule has 156 valence electrons. The van der Waals surface area contributed by atoms with Crippen LogP contribution in [0.25, 0.3) is 5.65 Å². The molecule has 2 aliphatic heterocycles. The summed E-state index contributed by atoms with van der Waals surface area (Å²) in [7, 11) is 0. The van der Waals surface area contributed by atoms with Crippen LogP contribution in [-0.2, 0) is 16.1 Å². The van der Waals surface area contributed by atoms with E-state index in [9.17, 15) is 19.2 Å². The van der Waals surface area contributed by atoms with Gasteiger partial charge >= 0.3 is 0 Å². The largest absolute Gasteiger partial charge is 0.322 e. The maximum atomic E-state index is 12.9. The molecule has 1 atom stereocenters. The number of pyridine rings is 1. The lowest BCUT2D eigenvalue weighted by Crippen LogP contribution is -2.52. The van der Waals surface area contributed by atoms with Gasteiger partial charge in [0.2, 0.25) is 11.8 Å². The average Bonchev–Trinajstić information content (AvgIpc) is 3.26. The Balaban J connectivity index is 1.34. The number of nitrogens with zero attached hydrogens (tertiary/aromatic N) is 3. The van der Waals surface area contributed by atoms with Gasteiger partial charge in [-0.1, -0.05) is 6.07 Å². The lowest BCUT2D eigenvalue weighted by molar-refractivity contribution is -0.136. The highest BCUT2D eigenvalue weighted by atomic mass is 16.2. The standard InChI is InChI=1S/C22H19N5O4/c1-12-10-26-7-6-13(8-18(26)23-12)20(29)24-15-3-2-14-11-27(22(31)16(14)9-15)17-4-5-19(28)25-21(17)30/h2-3,6-10,17H,4-5,11H2,1H3,(H,24,29)(H,25,28,30). The molecule has 0 saturated carbocycles. The van der Waals surface area contributed by atoms with Crippen LogP contribution in [0.5, 0.6) is 0 Å². The minimum atomic E-state index is -0.666. The summed E-state index contributed by atoms with van der Waals surface area (Å²) in [6.45, 7) is 2.18. The Bertz CT molecular complexity index is 1280. The molecule has 3 aromatic rings. The molecule has 5 rings (SSSR count). The van der Waals surface area contributed by atoms with Crippen molar-refractivity contribution < 1.29 is 19.2 Å². The molecule has 2 N–H and O–H groups in total. The fourth-order valence-electron chi connectivity index (χ4n) is 4.09. The molecule has 0 aliphatic carbocycles. The van der Waals surface area contributed by atoms with Crippen LogP contribution in [-0.4, -0.2) is 44.0 Å². The minimum Gasteiger partial charge on any atom is -0.322 e. The SMILES string of the molecule is Cc1cn2ccc(C(=O)Nc3ccc4c(c3)C(=O)N(C3CCC(=O)NC3=O)C4)cc2n1. The molecule has 0 radical (unpaired) electrons. The van der Waals surface area contributed by atoms with Crippen LogP contribution in [0.4, 0.5) is 5.69 Å². The van der Waals surface area contributed by atoms with Gasteiger partial charge in [-0.3, -0.25) is 24.5 Å². The van der Waals surface area contributed by atoms with E-state index in [0.29, 0.717) is 35.4 Å². The molecule has 4 amide bonds. The molecule has 1 fully saturated rings. The highest BCUT2D eigenvalue weighted by Gasteiger charge is 2.39. The van der Waals surface area contributed by atoms with Crippen molar-refractivity contribution in [2.75, 3.05) is 5.32 Å². The molecule has 2 aliphatic rings. The average molecular weight is 417 g/mol. The second kappa shape index (κ2) is 7.05. The van der Waals surface area contributed by atoms with Crippen molar-refractivity contribution >= 4 is 35.0 Å². The molecule has 1 aromatic carbocycles. The van der Waals surface area contributed by atoms with E-state index in [-0.39, 0.29) is 24.1 Å². The summed E-state index contributed by atoms with van der Waals surface area (Å²) in [5.41, 5.74) is 3.70. The second-order valence-corrected chi connectivity index (χ2v) is 7.79. The lowest BCUT2D eigenvalue weighted by Gasteiger charge is -2.29. The summed E-state index contributed by atoms with van der Waals surface area (Å²) in [4.78, 5) is 55.0. The Morgan fingerprint density at radius 3 is 2.84 bits per heavy atom. The van der Waals surface area contributed by atoms with Crippen molar-refractivity contribution in [1.29, 1.82) is 0 Å². The van der Waals surface area contributed by atoms with Crippen molar-refractivity contribution in [2.45, 2.75) is 32.4 Å². The van der Waals surface area contributed by atoms with Crippen molar-refractivity contribution in [2.24, 2.45) is 0 Å². The number of carbonyl (C=O) groups is 4. The zero-order valence-electron chi connectivity index (χ0n) is 16.7. The monoisotopic (exact) mass is 417 g/mol. The van der Waals surface area contributed by atoms with Gasteiger partial charge < -0.3 is 14.6 Å². The number of imidazole rings is 1. The van der Waals surface area contributed by atoms with E-state index in [2.05, 4.69) is 15.6 Å². The number of amides is 4. The van der Waals surface area contributed by atoms with Gasteiger partial charge in [-0.05, 0) is 43.2 Å². The number of benzene rings is 1. The Hall–Kier alpha value is -4.01. The number of imide groups is 1. The molecule has 4 heterocycles.